The Kier molecular flexibility index (Phi) is 6.55. The van der Waals surface area contributed by atoms with Crippen molar-refractivity contribution in [2.24, 2.45) is 0 Å². The van der Waals surface area contributed by atoms with Crippen molar-refractivity contribution in [1.29, 1.82) is 0 Å². The fraction of sp³-hybridized carbons (Fsp3) is 0.300. The van der Waals surface area contributed by atoms with E-state index in [9.17, 15) is 9.59 Å². The number of amides is 1. The van der Waals surface area contributed by atoms with Crippen LogP contribution in [0.3, 0.4) is 0 Å². The van der Waals surface area contributed by atoms with Crippen LogP contribution in [-0.4, -0.2) is 25.0 Å². The molecule has 2 rings (SSSR count). The summed E-state index contributed by atoms with van der Waals surface area (Å²) in [4.78, 5) is 23.5. The molecule has 0 aromatic heterocycles. The Morgan fingerprint density at radius 2 is 1.71 bits per heavy atom. The minimum atomic E-state index is -0.392. The van der Waals surface area contributed by atoms with Gasteiger partial charge in [-0.3, -0.25) is 9.59 Å². The normalized spacial score (nSPS) is 10.2. The summed E-state index contributed by atoms with van der Waals surface area (Å²) < 4.78 is 5.03. The summed E-state index contributed by atoms with van der Waals surface area (Å²) in [7, 11) is 0. The largest absolute Gasteiger partial charge is 0.455 e. The van der Waals surface area contributed by atoms with Gasteiger partial charge in [-0.1, -0.05) is 48.5 Å². The number of carbonyl (C=O) groups excluding carboxylic acids is 2. The maximum atomic E-state index is 11.8. The molecule has 4 heteroatoms. The fourth-order valence-electron chi connectivity index (χ4n) is 2.32. The molecule has 0 saturated heterocycles. The van der Waals surface area contributed by atoms with Crippen molar-refractivity contribution in [1.82, 2.24) is 5.32 Å². The molecule has 4 nitrogen and oxygen atoms in total. The van der Waals surface area contributed by atoms with Crippen LogP contribution in [0.4, 0.5) is 0 Å². The van der Waals surface area contributed by atoms with Crippen molar-refractivity contribution in [3.63, 3.8) is 0 Å². The van der Waals surface area contributed by atoms with Crippen molar-refractivity contribution >= 4 is 11.9 Å². The molecule has 0 saturated carbocycles. The number of hydrogen-bond acceptors (Lipinski definition) is 3. The van der Waals surface area contributed by atoms with Crippen molar-refractivity contribution in [2.45, 2.75) is 26.7 Å². The van der Waals surface area contributed by atoms with Gasteiger partial charge in [0.25, 0.3) is 5.91 Å². The van der Waals surface area contributed by atoms with Crippen molar-refractivity contribution < 1.29 is 14.3 Å². The fourth-order valence-corrected chi connectivity index (χ4v) is 2.32. The maximum absolute atomic E-state index is 11.8. The van der Waals surface area contributed by atoms with Gasteiger partial charge in [0.05, 0.1) is 6.42 Å². The Bertz CT molecular complexity index is 695. The molecule has 0 heterocycles. The number of aryl methyl sites for hydroxylation is 2. The van der Waals surface area contributed by atoms with E-state index in [1.54, 1.807) is 0 Å². The van der Waals surface area contributed by atoms with Crippen LogP contribution in [-0.2, 0) is 27.2 Å². The van der Waals surface area contributed by atoms with Crippen LogP contribution in [0.1, 0.15) is 22.3 Å². The highest BCUT2D eigenvalue weighted by molar-refractivity contribution is 5.81. The smallest absolute Gasteiger partial charge is 0.310 e. The van der Waals surface area contributed by atoms with Gasteiger partial charge in [-0.15, -0.1) is 0 Å². The molecule has 126 valence electrons. The van der Waals surface area contributed by atoms with Gasteiger partial charge >= 0.3 is 5.97 Å². The predicted octanol–water partition coefficient (Wildman–Crippen LogP) is 2.75. The average molecular weight is 325 g/mol. The highest BCUT2D eigenvalue weighted by Crippen LogP contribution is 2.10. The van der Waals surface area contributed by atoms with Crippen LogP contribution in [0.25, 0.3) is 0 Å². The summed E-state index contributed by atoms with van der Waals surface area (Å²) in [5, 5.41) is 2.75. The second-order valence-corrected chi connectivity index (χ2v) is 5.84. The molecule has 2 aromatic carbocycles. The number of benzene rings is 2. The molecule has 0 atom stereocenters. The van der Waals surface area contributed by atoms with Gasteiger partial charge in [0.15, 0.2) is 6.61 Å². The first-order valence-electron chi connectivity index (χ1n) is 8.07. The standard InChI is InChI=1S/C20H23NO3/c1-15-8-9-18(12-16(15)2)13-20(23)24-14-19(22)21-11-10-17-6-4-3-5-7-17/h3-9,12H,10-11,13-14H2,1-2H3,(H,21,22). The first kappa shape index (κ1) is 17.7. The Hall–Kier alpha value is -2.62. The van der Waals surface area contributed by atoms with E-state index in [2.05, 4.69) is 5.32 Å². The van der Waals surface area contributed by atoms with E-state index in [0.29, 0.717) is 6.54 Å². The summed E-state index contributed by atoms with van der Waals surface area (Å²) in [5.74, 6) is -0.671. The maximum Gasteiger partial charge on any atom is 0.310 e. The zero-order chi connectivity index (χ0) is 17.4. The van der Waals surface area contributed by atoms with Gasteiger partial charge in [-0.2, -0.15) is 0 Å². The van der Waals surface area contributed by atoms with Crippen molar-refractivity contribution in [3.8, 4) is 0 Å². The van der Waals surface area contributed by atoms with E-state index < -0.39 is 5.97 Å². The first-order chi connectivity index (χ1) is 11.5. The number of rotatable bonds is 7. The van der Waals surface area contributed by atoms with Crippen molar-refractivity contribution in [2.75, 3.05) is 13.2 Å². The molecule has 0 bridgehead atoms. The van der Waals surface area contributed by atoms with Crippen LogP contribution in [0.5, 0.6) is 0 Å². The quantitative estimate of drug-likeness (QED) is 0.797. The molecule has 1 amide bonds. The van der Waals surface area contributed by atoms with Crippen LogP contribution in [0.2, 0.25) is 0 Å². The van der Waals surface area contributed by atoms with E-state index in [-0.39, 0.29) is 18.9 Å². The summed E-state index contributed by atoms with van der Waals surface area (Å²) in [5.41, 5.74) is 4.38. The molecule has 24 heavy (non-hydrogen) atoms. The molecule has 1 N–H and O–H groups in total. The topological polar surface area (TPSA) is 55.4 Å². The Morgan fingerprint density at radius 3 is 2.42 bits per heavy atom. The molecule has 0 aliphatic carbocycles. The van der Waals surface area contributed by atoms with Crippen LogP contribution in [0.15, 0.2) is 48.5 Å². The number of nitrogens with one attached hydrogen (secondary N) is 1. The lowest BCUT2D eigenvalue weighted by Crippen LogP contribution is -2.30. The van der Waals surface area contributed by atoms with Gasteiger partial charge < -0.3 is 10.1 Å². The molecule has 0 aliphatic heterocycles. The zero-order valence-electron chi connectivity index (χ0n) is 14.2. The SMILES string of the molecule is Cc1ccc(CC(=O)OCC(=O)NCCc2ccccc2)cc1C. The van der Waals surface area contributed by atoms with Gasteiger partial charge in [0, 0.05) is 6.54 Å². The highest BCUT2D eigenvalue weighted by Gasteiger charge is 2.09. The van der Waals surface area contributed by atoms with Gasteiger partial charge in [0.1, 0.15) is 0 Å². The molecule has 0 aliphatic rings. The molecule has 0 radical (unpaired) electrons. The van der Waals surface area contributed by atoms with Crippen LogP contribution < -0.4 is 5.32 Å². The second kappa shape index (κ2) is 8.87. The number of ether oxygens (including phenoxy) is 1. The molecule has 0 spiro atoms. The van der Waals surface area contributed by atoms with Crippen LogP contribution in [0, 0.1) is 13.8 Å². The minimum Gasteiger partial charge on any atom is -0.455 e. The highest BCUT2D eigenvalue weighted by atomic mass is 16.5. The minimum absolute atomic E-state index is 0.179. The second-order valence-electron chi connectivity index (χ2n) is 5.84. The van der Waals surface area contributed by atoms with E-state index in [4.69, 9.17) is 4.74 Å². The zero-order valence-corrected chi connectivity index (χ0v) is 14.2. The molecule has 2 aromatic rings. The van der Waals surface area contributed by atoms with Gasteiger partial charge in [-0.05, 0) is 42.5 Å². The summed E-state index contributed by atoms with van der Waals surface area (Å²) in [6.45, 7) is 4.32. The number of esters is 1. The Balaban J connectivity index is 1.67. The molecule has 0 fully saturated rings. The lowest BCUT2D eigenvalue weighted by atomic mass is 10.0. The third kappa shape index (κ3) is 5.88. The first-order valence-corrected chi connectivity index (χ1v) is 8.07. The van der Waals surface area contributed by atoms with E-state index >= 15 is 0 Å². The number of hydrogen-bond donors (Lipinski definition) is 1. The lowest BCUT2D eigenvalue weighted by Gasteiger charge is -2.08. The molecule has 0 unspecified atom stereocenters. The monoisotopic (exact) mass is 325 g/mol. The molecular formula is C20H23NO3. The Morgan fingerprint density at radius 1 is 0.958 bits per heavy atom. The van der Waals surface area contributed by atoms with E-state index in [1.165, 1.54) is 5.56 Å². The predicted molar refractivity (Wildman–Crippen MR) is 93.7 cm³/mol. The average Bonchev–Trinajstić information content (AvgIpc) is 2.57. The molecular weight excluding hydrogens is 302 g/mol. The van der Waals surface area contributed by atoms with Crippen molar-refractivity contribution in [3.05, 3.63) is 70.8 Å². The third-order valence-corrected chi connectivity index (χ3v) is 3.86. The van der Waals surface area contributed by atoms with Gasteiger partial charge in [-0.25, -0.2) is 0 Å². The Labute approximate surface area is 142 Å². The lowest BCUT2D eigenvalue weighted by molar-refractivity contribution is -0.147. The summed E-state index contributed by atoms with van der Waals surface area (Å²) in [6.07, 6.45) is 0.932. The summed E-state index contributed by atoms with van der Waals surface area (Å²) >= 11 is 0. The van der Waals surface area contributed by atoms with E-state index in [1.807, 2.05) is 62.4 Å². The number of carbonyl (C=O) groups is 2. The van der Waals surface area contributed by atoms with E-state index in [0.717, 1.165) is 23.1 Å². The van der Waals surface area contributed by atoms with Gasteiger partial charge in [0.2, 0.25) is 0 Å². The van der Waals surface area contributed by atoms with Crippen LogP contribution >= 0.6 is 0 Å². The third-order valence-electron chi connectivity index (χ3n) is 3.86. The summed E-state index contributed by atoms with van der Waals surface area (Å²) in [6, 6.07) is 15.8.